The Balaban J connectivity index is 2.06. The normalized spacial score (nSPS) is 32.8. The van der Waals surface area contributed by atoms with Crippen LogP contribution in [0.5, 0.6) is 0 Å². The van der Waals surface area contributed by atoms with Gasteiger partial charge in [0.2, 0.25) is 11.8 Å². The number of carbonyl (C=O) groups is 2. The van der Waals surface area contributed by atoms with Crippen LogP contribution in [-0.4, -0.2) is 39.4 Å². The van der Waals surface area contributed by atoms with Crippen molar-refractivity contribution in [2.45, 2.75) is 57.5 Å². The zero-order valence-corrected chi connectivity index (χ0v) is 12.3. The number of thioether (sulfide) groups is 1. The number of hydrogen-bond acceptors (Lipinski definition) is 3. The van der Waals surface area contributed by atoms with E-state index in [0.717, 1.165) is 12.2 Å². The van der Waals surface area contributed by atoms with Gasteiger partial charge in [-0.15, -0.1) is 11.8 Å². The topological polar surface area (TPSA) is 49.4 Å². The highest BCUT2D eigenvalue weighted by Crippen LogP contribution is 2.47. The maximum Gasteiger partial charge on any atom is 0.243 e. The van der Waals surface area contributed by atoms with E-state index < -0.39 is 0 Å². The van der Waals surface area contributed by atoms with Gasteiger partial charge in [-0.3, -0.25) is 9.59 Å². The molecule has 18 heavy (non-hydrogen) atoms. The van der Waals surface area contributed by atoms with Crippen LogP contribution < -0.4 is 5.32 Å². The highest BCUT2D eigenvalue weighted by molar-refractivity contribution is 8.01. The summed E-state index contributed by atoms with van der Waals surface area (Å²) in [5, 5.41) is 3.03. The highest BCUT2D eigenvalue weighted by Gasteiger charge is 2.52. The van der Waals surface area contributed by atoms with E-state index >= 15 is 0 Å². The lowest BCUT2D eigenvalue weighted by Gasteiger charge is -2.30. The number of nitrogens with zero attached hydrogens (tertiary/aromatic N) is 1. The fraction of sp³-hybridized carbons (Fsp3) is 0.846. The fourth-order valence-electron chi connectivity index (χ4n) is 2.50. The molecule has 2 heterocycles. The molecule has 0 aromatic heterocycles. The van der Waals surface area contributed by atoms with Gasteiger partial charge in [-0.1, -0.05) is 13.8 Å². The highest BCUT2D eigenvalue weighted by atomic mass is 32.2. The van der Waals surface area contributed by atoms with Gasteiger partial charge in [-0.05, 0) is 26.2 Å². The van der Waals surface area contributed by atoms with Gasteiger partial charge in [0.15, 0.2) is 0 Å². The summed E-state index contributed by atoms with van der Waals surface area (Å²) in [5.74, 6) is 1.25. The first kappa shape index (κ1) is 13.7. The summed E-state index contributed by atoms with van der Waals surface area (Å²) in [5.41, 5.74) is 0. The van der Waals surface area contributed by atoms with Gasteiger partial charge in [0.25, 0.3) is 0 Å². The van der Waals surface area contributed by atoms with Gasteiger partial charge in [0.1, 0.15) is 6.04 Å². The molecule has 2 aliphatic heterocycles. The molecule has 0 aliphatic carbocycles. The lowest BCUT2D eigenvalue weighted by molar-refractivity contribution is -0.138. The van der Waals surface area contributed by atoms with E-state index in [-0.39, 0.29) is 28.8 Å². The summed E-state index contributed by atoms with van der Waals surface area (Å²) in [4.78, 5) is 25.9. The van der Waals surface area contributed by atoms with Gasteiger partial charge in [-0.2, -0.15) is 0 Å². The molecule has 0 radical (unpaired) electrons. The molecular weight excluding hydrogens is 248 g/mol. The van der Waals surface area contributed by atoms with E-state index in [1.54, 1.807) is 16.7 Å². The zero-order chi connectivity index (χ0) is 13.5. The van der Waals surface area contributed by atoms with Crippen LogP contribution in [0.4, 0.5) is 0 Å². The molecule has 102 valence electrons. The molecule has 4 nitrogen and oxygen atoms in total. The Hall–Kier alpha value is -0.710. The van der Waals surface area contributed by atoms with E-state index in [0.29, 0.717) is 12.3 Å². The second kappa shape index (κ2) is 4.76. The van der Waals surface area contributed by atoms with Gasteiger partial charge in [-0.25, -0.2) is 0 Å². The smallest absolute Gasteiger partial charge is 0.243 e. The molecule has 0 saturated carbocycles. The van der Waals surface area contributed by atoms with Crippen molar-refractivity contribution in [3.05, 3.63) is 0 Å². The third kappa shape index (κ3) is 2.25. The number of rotatable bonds is 3. The van der Waals surface area contributed by atoms with E-state index in [4.69, 9.17) is 0 Å². The van der Waals surface area contributed by atoms with Crippen LogP contribution in [0.2, 0.25) is 0 Å². The summed E-state index contributed by atoms with van der Waals surface area (Å²) in [6.45, 7) is 8.25. The molecule has 0 aromatic carbocycles. The minimum atomic E-state index is -0.281. The first-order valence-corrected chi connectivity index (χ1v) is 7.60. The van der Waals surface area contributed by atoms with E-state index in [1.165, 1.54) is 0 Å². The summed E-state index contributed by atoms with van der Waals surface area (Å²) in [6.07, 6.45) is 1.44. The predicted octanol–water partition coefficient (Wildman–Crippen LogP) is 1.60. The van der Waals surface area contributed by atoms with Gasteiger partial charge in [0.05, 0.1) is 4.87 Å². The van der Waals surface area contributed by atoms with Gasteiger partial charge >= 0.3 is 0 Å². The Morgan fingerprint density at radius 1 is 1.50 bits per heavy atom. The summed E-state index contributed by atoms with van der Waals surface area (Å²) in [7, 11) is 0. The number of carbonyl (C=O) groups excluding carboxylic acids is 2. The SMILES string of the molecule is CC(C)C(C)NC(=O)C1CSC2(C)CCC(=O)N12. The Labute approximate surface area is 113 Å². The van der Waals surface area contributed by atoms with Crippen LogP contribution >= 0.6 is 11.8 Å². The molecule has 2 rings (SSSR count). The maximum atomic E-state index is 12.3. The van der Waals surface area contributed by atoms with Crippen molar-refractivity contribution in [1.29, 1.82) is 0 Å². The minimum Gasteiger partial charge on any atom is -0.352 e. The van der Waals surface area contributed by atoms with Crippen molar-refractivity contribution in [3.63, 3.8) is 0 Å². The molecule has 0 bridgehead atoms. The molecule has 2 saturated heterocycles. The average molecular weight is 270 g/mol. The molecule has 1 N–H and O–H groups in total. The molecule has 2 amide bonds. The second-order valence-electron chi connectivity index (χ2n) is 5.81. The lowest BCUT2D eigenvalue weighted by atomic mass is 10.1. The number of hydrogen-bond donors (Lipinski definition) is 1. The summed E-state index contributed by atoms with van der Waals surface area (Å²) < 4.78 is 0. The molecule has 0 spiro atoms. The largest absolute Gasteiger partial charge is 0.352 e. The van der Waals surface area contributed by atoms with Crippen molar-refractivity contribution < 1.29 is 9.59 Å². The molecular formula is C13H22N2O2S. The van der Waals surface area contributed by atoms with Crippen molar-refractivity contribution in [2.75, 3.05) is 5.75 Å². The van der Waals surface area contributed by atoms with E-state index in [1.807, 2.05) is 6.92 Å². The first-order valence-electron chi connectivity index (χ1n) is 6.61. The summed E-state index contributed by atoms with van der Waals surface area (Å²) >= 11 is 1.74. The molecule has 3 unspecified atom stereocenters. The molecule has 2 fully saturated rings. The Bertz CT molecular complexity index is 372. The minimum absolute atomic E-state index is 0.00248. The van der Waals surface area contributed by atoms with Crippen molar-refractivity contribution in [3.8, 4) is 0 Å². The predicted molar refractivity (Wildman–Crippen MR) is 73.2 cm³/mol. The standard InChI is InChI=1S/C13H22N2O2S/c1-8(2)9(3)14-12(17)10-7-18-13(4)6-5-11(16)15(10)13/h8-10H,5-7H2,1-4H3,(H,14,17). The molecule has 0 aromatic rings. The Kier molecular flexibility index (Phi) is 3.63. The van der Waals surface area contributed by atoms with Crippen LogP contribution in [-0.2, 0) is 9.59 Å². The van der Waals surface area contributed by atoms with Crippen molar-refractivity contribution in [1.82, 2.24) is 10.2 Å². The van der Waals surface area contributed by atoms with Gasteiger partial charge < -0.3 is 10.2 Å². The van der Waals surface area contributed by atoms with Crippen LogP contribution in [0.25, 0.3) is 0 Å². The fourth-order valence-corrected chi connectivity index (χ4v) is 3.93. The monoisotopic (exact) mass is 270 g/mol. The quantitative estimate of drug-likeness (QED) is 0.847. The number of fused-ring (bicyclic) bond motifs is 1. The van der Waals surface area contributed by atoms with Crippen LogP contribution in [0.3, 0.4) is 0 Å². The third-order valence-electron chi connectivity index (χ3n) is 4.12. The van der Waals surface area contributed by atoms with Crippen molar-refractivity contribution in [2.24, 2.45) is 5.92 Å². The number of nitrogens with one attached hydrogen (secondary N) is 1. The number of amides is 2. The van der Waals surface area contributed by atoms with Crippen LogP contribution in [0, 0.1) is 5.92 Å². The van der Waals surface area contributed by atoms with Crippen LogP contribution in [0.1, 0.15) is 40.5 Å². The zero-order valence-electron chi connectivity index (χ0n) is 11.5. The molecule has 3 atom stereocenters. The molecule has 2 aliphatic rings. The average Bonchev–Trinajstić information content (AvgIpc) is 2.76. The Morgan fingerprint density at radius 3 is 2.78 bits per heavy atom. The van der Waals surface area contributed by atoms with Crippen molar-refractivity contribution >= 4 is 23.6 Å². The Morgan fingerprint density at radius 2 is 2.17 bits per heavy atom. The molecule has 5 heteroatoms. The van der Waals surface area contributed by atoms with E-state index in [2.05, 4.69) is 26.1 Å². The van der Waals surface area contributed by atoms with Crippen LogP contribution in [0.15, 0.2) is 0 Å². The third-order valence-corrected chi connectivity index (χ3v) is 5.62. The maximum absolute atomic E-state index is 12.3. The van der Waals surface area contributed by atoms with E-state index in [9.17, 15) is 9.59 Å². The first-order chi connectivity index (χ1) is 8.35. The lowest BCUT2D eigenvalue weighted by Crippen LogP contribution is -2.52. The van der Waals surface area contributed by atoms with Gasteiger partial charge in [0, 0.05) is 18.2 Å². The second-order valence-corrected chi connectivity index (χ2v) is 7.31. The summed E-state index contributed by atoms with van der Waals surface area (Å²) in [6, 6.07) is -0.136.